The van der Waals surface area contributed by atoms with Crippen molar-refractivity contribution in [2.75, 3.05) is 39.5 Å². The quantitative estimate of drug-likeness (QED) is 0.146. The number of carbonyl (C=O) groups is 1. The van der Waals surface area contributed by atoms with Gasteiger partial charge in [-0.1, -0.05) is 48.5 Å². The Morgan fingerprint density at radius 3 is 1.31 bits per heavy atom. The molecular formula is C47H48N14O3. The van der Waals surface area contributed by atoms with Crippen molar-refractivity contribution in [2.24, 2.45) is 0 Å². The molecule has 17 nitrogen and oxygen atoms in total. The number of Topliss-reactive ketones (excluding diaryl/α,β-unsaturated/α-hetero) is 1. The number of ketones is 1. The van der Waals surface area contributed by atoms with E-state index in [-0.39, 0.29) is 17.9 Å². The number of benzene rings is 4. The second kappa shape index (κ2) is 18.4. The van der Waals surface area contributed by atoms with E-state index in [9.17, 15) is 0 Å². The van der Waals surface area contributed by atoms with E-state index in [1.54, 1.807) is 68.8 Å². The molecule has 4 aromatic heterocycles. The summed E-state index contributed by atoms with van der Waals surface area (Å²) >= 11 is 0. The topological polar surface area (TPSA) is 165 Å². The minimum Gasteiger partial charge on any atom is -0.378 e. The van der Waals surface area contributed by atoms with Crippen LogP contribution >= 0.6 is 0 Å². The van der Waals surface area contributed by atoms with Crippen LogP contribution in [0.1, 0.15) is 45.5 Å². The highest BCUT2D eigenvalue weighted by Gasteiger charge is 2.45. The van der Waals surface area contributed by atoms with E-state index in [1.807, 2.05) is 60.7 Å². The lowest BCUT2D eigenvalue weighted by molar-refractivity contribution is -0.138. The molecule has 2 fully saturated rings. The molecule has 2 aliphatic rings. The highest BCUT2D eigenvalue weighted by Crippen LogP contribution is 2.40. The summed E-state index contributed by atoms with van der Waals surface area (Å²) < 4.78 is 12.6. The Labute approximate surface area is 369 Å². The van der Waals surface area contributed by atoms with Crippen molar-refractivity contribution in [1.82, 2.24) is 69.8 Å². The zero-order valence-electron chi connectivity index (χ0n) is 35.7. The van der Waals surface area contributed by atoms with Gasteiger partial charge in [-0.25, -0.2) is 0 Å². The molecule has 2 saturated heterocycles. The lowest BCUT2D eigenvalue weighted by Gasteiger charge is -2.46. The number of aromatic nitrogens is 12. The minimum atomic E-state index is -0.768. The number of carbonyl (C=O) groups excluding carboxylic acids is 1. The summed E-state index contributed by atoms with van der Waals surface area (Å²) in [5.74, 6) is -0.00422. The number of ether oxygens (including phenoxy) is 2. The molecule has 324 valence electrons. The number of rotatable bonds is 14. The zero-order chi connectivity index (χ0) is 43.4. The van der Waals surface area contributed by atoms with E-state index in [0.717, 1.165) is 56.1 Å². The average molecular weight is 857 g/mol. The maximum Gasteiger partial charge on any atom is 0.176 e. The van der Waals surface area contributed by atoms with Gasteiger partial charge in [-0.3, -0.25) is 14.6 Å². The van der Waals surface area contributed by atoms with E-state index in [4.69, 9.17) is 9.47 Å². The van der Waals surface area contributed by atoms with E-state index < -0.39 is 12.1 Å². The highest BCUT2D eigenvalue weighted by molar-refractivity contribution is 5.93. The molecule has 10 rings (SSSR count). The molecule has 0 aliphatic carbocycles. The molecule has 0 amide bonds. The van der Waals surface area contributed by atoms with Gasteiger partial charge >= 0.3 is 0 Å². The molecule has 4 atom stereocenters. The van der Waals surface area contributed by atoms with Crippen molar-refractivity contribution in [2.45, 2.75) is 50.9 Å². The van der Waals surface area contributed by atoms with Crippen LogP contribution in [-0.4, -0.2) is 127 Å². The molecule has 17 heteroatoms. The molecule has 64 heavy (non-hydrogen) atoms. The lowest BCUT2D eigenvalue weighted by Crippen LogP contribution is -2.55. The fraction of sp³-hybridized carbons (Fsp3) is 0.298. The molecule has 0 bridgehead atoms. The standard InChI is InChI=1S/C47H48N14O3/c1-33-11-13-37(58-48-15-16-49-58)27-35(33)29-39-31-63-25-23-56(39)45(41-7-3-5-9-43(41)60-52-19-20-53-60)47(62)46(42-8-4-6-10-44(42)61-54-21-22-55-61)57-24-26-64-32-40(57)30-36-28-38(14-12-34(36)2)59-50-17-18-51-59/h3-22,27-28,39-40,45-46H,23-26,29-32H2,1-2H3/t39-,40-,45?,46?/m1/s1. The van der Waals surface area contributed by atoms with Crippen LogP contribution in [0.4, 0.5) is 0 Å². The Morgan fingerprint density at radius 2 is 0.906 bits per heavy atom. The third-order valence-corrected chi connectivity index (χ3v) is 12.4. The van der Waals surface area contributed by atoms with Crippen molar-refractivity contribution in [3.05, 3.63) is 168 Å². The Kier molecular flexibility index (Phi) is 11.8. The van der Waals surface area contributed by atoms with Crippen molar-refractivity contribution in [3.8, 4) is 22.7 Å². The van der Waals surface area contributed by atoms with Gasteiger partial charge < -0.3 is 9.47 Å². The van der Waals surface area contributed by atoms with E-state index >= 15 is 4.79 Å². The largest absolute Gasteiger partial charge is 0.378 e. The SMILES string of the molecule is Cc1ccc(-n2nccn2)cc1C[C@@H]1COCCN1C(C(=O)C(c1ccccc1-n1nccn1)N1CCOC[C@H]1Cc1cc(-n2nccn2)ccc1C)c1ccccc1-n1nccn1. The predicted octanol–water partition coefficient (Wildman–Crippen LogP) is 4.86. The molecule has 2 unspecified atom stereocenters. The van der Waals surface area contributed by atoms with Gasteiger partial charge in [0.05, 0.1) is 111 Å². The molecular weight excluding hydrogens is 809 g/mol. The highest BCUT2D eigenvalue weighted by atomic mass is 16.5. The monoisotopic (exact) mass is 856 g/mol. The maximum absolute atomic E-state index is 16.7. The van der Waals surface area contributed by atoms with Gasteiger partial charge in [0.15, 0.2) is 5.78 Å². The first-order valence-electron chi connectivity index (χ1n) is 21.5. The van der Waals surface area contributed by atoms with Crippen LogP contribution in [0.5, 0.6) is 0 Å². The van der Waals surface area contributed by atoms with Crippen molar-refractivity contribution in [1.29, 1.82) is 0 Å². The fourth-order valence-corrected chi connectivity index (χ4v) is 9.20. The van der Waals surface area contributed by atoms with Crippen LogP contribution in [-0.2, 0) is 27.1 Å². The number of hydrogen-bond donors (Lipinski definition) is 0. The first kappa shape index (κ1) is 41.0. The second-order valence-electron chi connectivity index (χ2n) is 16.2. The summed E-state index contributed by atoms with van der Waals surface area (Å²) in [6.07, 6.45) is 14.5. The molecule has 0 spiro atoms. The number of morpholine rings is 2. The van der Waals surface area contributed by atoms with E-state index in [1.165, 1.54) is 0 Å². The van der Waals surface area contributed by atoms with E-state index in [2.05, 4.69) is 88.7 Å². The Morgan fingerprint density at radius 1 is 0.531 bits per heavy atom. The van der Waals surface area contributed by atoms with Crippen LogP contribution in [0.2, 0.25) is 0 Å². The maximum atomic E-state index is 16.7. The molecule has 4 aromatic carbocycles. The summed E-state index contributed by atoms with van der Waals surface area (Å²) in [4.78, 5) is 27.9. The minimum absolute atomic E-state index is 0.00422. The number of para-hydroxylation sites is 2. The van der Waals surface area contributed by atoms with Gasteiger partial charge in [-0.15, -0.1) is 0 Å². The molecule has 0 radical (unpaired) electrons. The van der Waals surface area contributed by atoms with Crippen LogP contribution in [0, 0.1) is 13.8 Å². The summed E-state index contributed by atoms with van der Waals surface area (Å²) in [6.45, 7) is 7.01. The number of aryl methyl sites for hydroxylation is 2. The van der Waals surface area contributed by atoms with Gasteiger partial charge in [0.25, 0.3) is 0 Å². The first-order valence-corrected chi connectivity index (χ1v) is 21.5. The Hall–Kier alpha value is -7.05. The van der Waals surface area contributed by atoms with Gasteiger partial charge in [0, 0.05) is 36.3 Å². The van der Waals surface area contributed by atoms with Gasteiger partial charge in [0.2, 0.25) is 0 Å². The normalized spacial score (nSPS) is 18.2. The number of nitrogens with zero attached hydrogens (tertiary/aromatic N) is 14. The van der Waals surface area contributed by atoms with Crippen molar-refractivity contribution in [3.63, 3.8) is 0 Å². The third kappa shape index (κ3) is 8.28. The lowest BCUT2D eigenvalue weighted by atomic mass is 9.86. The number of hydrogen-bond acceptors (Lipinski definition) is 13. The van der Waals surface area contributed by atoms with Crippen molar-refractivity contribution < 1.29 is 14.3 Å². The summed E-state index contributed by atoms with van der Waals surface area (Å²) in [5.41, 5.74) is 9.24. The average Bonchev–Trinajstić information content (AvgIpc) is 4.19. The Balaban J connectivity index is 1.12. The summed E-state index contributed by atoms with van der Waals surface area (Å²) in [6, 6.07) is 26.5. The van der Waals surface area contributed by atoms with Crippen LogP contribution in [0.15, 0.2) is 135 Å². The third-order valence-electron chi connectivity index (χ3n) is 12.4. The van der Waals surface area contributed by atoms with E-state index in [0.29, 0.717) is 52.4 Å². The second-order valence-corrected chi connectivity index (χ2v) is 16.2. The zero-order valence-corrected chi connectivity index (χ0v) is 35.7. The summed E-state index contributed by atoms with van der Waals surface area (Å²) in [7, 11) is 0. The fourth-order valence-electron chi connectivity index (χ4n) is 9.20. The van der Waals surface area contributed by atoms with Crippen LogP contribution < -0.4 is 0 Å². The molecule has 8 aromatic rings. The van der Waals surface area contributed by atoms with Crippen LogP contribution in [0.25, 0.3) is 22.7 Å². The van der Waals surface area contributed by atoms with Crippen LogP contribution in [0.3, 0.4) is 0 Å². The van der Waals surface area contributed by atoms with Crippen molar-refractivity contribution >= 4 is 5.78 Å². The first-order chi connectivity index (χ1) is 31.5. The summed E-state index contributed by atoms with van der Waals surface area (Å²) in [5, 5.41) is 35.9. The predicted molar refractivity (Wildman–Crippen MR) is 235 cm³/mol. The van der Waals surface area contributed by atoms with Gasteiger partial charge in [0.1, 0.15) is 0 Å². The molecule has 2 aliphatic heterocycles. The molecule has 0 saturated carbocycles. The Bertz CT molecular complexity index is 2600. The molecule has 6 heterocycles. The smallest absolute Gasteiger partial charge is 0.176 e. The van der Waals surface area contributed by atoms with Gasteiger partial charge in [-0.05, 0) is 85.3 Å². The van der Waals surface area contributed by atoms with Gasteiger partial charge in [-0.2, -0.15) is 60.0 Å². The molecule has 0 N–H and O–H groups in total.